The first-order valence-electron chi connectivity index (χ1n) is 5.06. The molecule has 1 N–H and O–H groups in total. The van der Waals surface area contributed by atoms with E-state index in [0.717, 1.165) is 0 Å². The summed E-state index contributed by atoms with van der Waals surface area (Å²) in [6.45, 7) is 2.45. The molecule has 0 unspecified atom stereocenters. The van der Waals surface area contributed by atoms with Crippen molar-refractivity contribution in [1.82, 2.24) is 9.55 Å². The van der Waals surface area contributed by atoms with Gasteiger partial charge in [0.2, 0.25) is 0 Å². The number of esters is 1. The first-order valence-corrected chi connectivity index (χ1v) is 5.06. The quantitative estimate of drug-likeness (QED) is 0.722. The number of nitrogens with zero attached hydrogens (tertiary/aromatic N) is 2. The van der Waals surface area contributed by atoms with Gasteiger partial charge >= 0.3 is 5.97 Å². The fourth-order valence-corrected chi connectivity index (χ4v) is 1.14. The Hall–Kier alpha value is -1.85. The average molecular weight is 225 g/mol. The van der Waals surface area contributed by atoms with Crippen LogP contribution >= 0.6 is 0 Å². The highest BCUT2D eigenvalue weighted by Crippen LogP contribution is 1.93. The minimum atomic E-state index is -0.289. The number of hydrogen-bond donors (Lipinski definition) is 1. The third-order valence-corrected chi connectivity index (χ3v) is 1.94. The summed E-state index contributed by atoms with van der Waals surface area (Å²) in [5.41, 5.74) is -0.216. The molecule has 0 atom stereocenters. The van der Waals surface area contributed by atoms with Gasteiger partial charge in [0.1, 0.15) is 0 Å². The van der Waals surface area contributed by atoms with Crippen LogP contribution in [0.15, 0.2) is 17.2 Å². The van der Waals surface area contributed by atoms with Crippen LogP contribution in [0.5, 0.6) is 0 Å². The standard InChI is InChI=1S/C10H15N3O3/c1-3-16-8(14)4-5-11-9-10(15)13(2)7-6-12-9/h6-7H,3-5H2,1-2H3,(H,11,12). The normalized spacial score (nSPS) is 9.88. The van der Waals surface area contributed by atoms with Gasteiger partial charge in [-0.2, -0.15) is 0 Å². The van der Waals surface area contributed by atoms with Crippen molar-refractivity contribution in [2.45, 2.75) is 13.3 Å². The fraction of sp³-hybridized carbons (Fsp3) is 0.500. The first kappa shape index (κ1) is 12.2. The van der Waals surface area contributed by atoms with Crippen LogP contribution < -0.4 is 10.9 Å². The van der Waals surface area contributed by atoms with Gasteiger partial charge in [-0.3, -0.25) is 9.59 Å². The number of anilines is 1. The van der Waals surface area contributed by atoms with E-state index < -0.39 is 0 Å². The molecule has 0 saturated carbocycles. The molecule has 16 heavy (non-hydrogen) atoms. The van der Waals surface area contributed by atoms with Crippen molar-refractivity contribution in [3.63, 3.8) is 0 Å². The molecule has 0 fully saturated rings. The maximum atomic E-state index is 11.5. The van der Waals surface area contributed by atoms with E-state index in [4.69, 9.17) is 4.74 Å². The van der Waals surface area contributed by atoms with Crippen molar-refractivity contribution < 1.29 is 9.53 Å². The minimum absolute atomic E-state index is 0.216. The molecular formula is C10H15N3O3. The molecule has 0 aliphatic rings. The number of aryl methyl sites for hydroxylation is 1. The molecule has 0 radical (unpaired) electrons. The van der Waals surface area contributed by atoms with Crippen LogP contribution in [-0.4, -0.2) is 28.7 Å². The summed E-state index contributed by atoms with van der Waals surface area (Å²) >= 11 is 0. The summed E-state index contributed by atoms with van der Waals surface area (Å²) < 4.78 is 6.17. The molecule has 88 valence electrons. The summed E-state index contributed by atoms with van der Waals surface area (Å²) in [6.07, 6.45) is 3.31. The molecule has 1 aromatic rings. The summed E-state index contributed by atoms with van der Waals surface area (Å²) in [5.74, 6) is -0.0444. The van der Waals surface area contributed by atoms with Gasteiger partial charge in [0.15, 0.2) is 5.82 Å². The molecular weight excluding hydrogens is 210 g/mol. The van der Waals surface area contributed by atoms with Gasteiger partial charge in [-0.25, -0.2) is 4.98 Å². The van der Waals surface area contributed by atoms with Crippen LogP contribution in [0.3, 0.4) is 0 Å². The average Bonchev–Trinajstić information content (AvgIpc) is 2.25. The summed E-state index contributed by atoms with van der Waals surface area (Å²) in [7, 11) is 1.64. The Morgan fingerprint density at radius 3 is 3.06 bits per heavy atom. The lowest BCUT2D eigenvalue weighted by molar-refractivity contribution is -0.142. The Kier molecular flexibility index (Phi) is 4.50. The Morgan fingerprint density at radius 1 is 1.62 bits per heavy atom. The number of carbonyl (C=O) groups is 1. The van der Waals surface area contributed by atoms with E-state index in [1.807, 2.05) is 0 Å². The summed E-state index contributed by atoms with van der Waals surface area (Å²) in [5, 5.41) is 2.80. The molecule has 0 saturated heterocycles. The fourth-order valence-electron chi connectivity index (χ4n) is 1.14. The maximum absolute atomic E-state index is 11.5. The van der Waals surface area contributed by atoms with Gasteiger partial charge < -0.3 is 14.6 Å². The van der Waals surface area contributed by atoms with Crippen molar-refractivity contribution in [1.29, 1.82) is 0 Å². The number of hydrogen-bond acceptors (Lipinski definition) is 5. The van der Waals surface area contributed by atoms with Gasteiger partial charge in [0.25, 0.3) is 5.56 Å². The third-order valence-electron chi connectivity index (χ3n) is 1.94. The Morgan fingerprint density at radius 2 is 2.38 bits per heavy atom. The second kappa shape index (κ2) is 5.89. The summed E-state index contributed by atoms with van der Waals surface area (Å²) in [4.78, 5) is 26.4. The zero-order valence-electron chi connectivity index (χ0n) is 9.40. The number of rotatable bonds is 5. The smallest absolute Gasteiger partial charge is 0.307 e. The maximum Gasteiger partial charge on any atom is 0.307 e. The summed E-state index contributed by atoms with van der Waals surface area (Å²) in [6, 6.07) is 0. The monoisotopic (exact) mass is 225 g/mol. The molecule has 1 heterocycles. The second-order valence-electron chi connectivity index (χ2n) is 3.17. The van der Waals surface area contributed by atoms with E-state index in [-0.39, 0.29) is 23.8 Å². The molecule has 1 rings (SSSR count). The van der Waals surface area contributed by atoms with Crippen LogP contribution in [0.4, 0.5) is 5.82 Å². The molecule has 0 aliphatic heterocycles. The van der Waals surface area contributed by atoms with Crippen LogP contribution in [0.1, 0.15) is 13.3 Å². The Balaban J connectivity index is 2.46. The largest absolute Gasteiger partial charge is 0.466 e. The van der Waals surface area contributed by atoms with Gasteiger partial charge in [-0.05, 0) is 6.92 Å². The molecule has 1 aromatic heterocycles. The van der Waals surface area contributed by atoms with Crippen LogP contribution in [-0.2, 0) is 16.6 Å². The topological polar surface area (TPSA) is 73.2 Å². The number of carbonyl (C=O) groups excluding carboxylic acids is 1. The SMILES string of the molecule is CCOC(=O)CCNc1nccn(C)c1=O. The second-order valence-corrected chi connectivity index (χ2v) is 3.17. The van der Waals surface area contributed by atoms with Gasteiger partial charge in [-0.15, -0.1) is 0 Å². The first-order chi connectivity index (χ1) is 7.65. The van der Waals surface area contributed by atoms with Crippen molar-refractivity contribution in [3.8, 4) is 0 Å². The lowest BCUT2D eigenvalue weighted by Crippen LogP contribution is -2.23. The molecule has 0 aromatic carbocycles. The molecule has 0 spiro atoms. The van der Waals surface area contributed by atoms with E-state index in [1.54, 1.807) is 20.2 Å². The Labute approximate surface area is 93.3 Å². The van der Waals surface area contributed by atoms with Gasteiger partial charge in [0, 0.05) is 26.0 Å². The zero-order chi connectivity index (χ0) is 12.0. The van der Waals surface area contributed by atoms with Crippen LogP contribution in [0.2, 0.25) is 0 Å². The predicted octanol–water partition coefficient (Wildman–Crippen LogP) is 0.145. The van der Waals surface area contributed by atoms with E-state index in [9.17, 15) is 9.59 Å². The zero-order valence-corrected chi connectivity index (χ0v) is 9.40. The highest BCUT2D eigenvalue weighted by Gasteiger charge is 2.04. The molecule has 0 aliphatic carbocycles. The predicted molar refractivity (Wildman–Crippen MR) is 59.2 cm³/mol. The lowest BCUT2D eigenvalue weighted by Gasteiger charge is -2.05. The molecule has 6 nitrogen and oxygen atoms in total. The van der Waals surface area contributed by atoms with E-state index >= 15 is 0 Å². The lowest BCUT2D eigenvalue weighted by atomic mass is 10.4. The third kappa shape index (κ3) is 3.38. The number of aromatic nitrogens is 2. The van der Waals surface area contributed by atoms with Crippen molar-refractivity contribution >= 4 is 11.8 Å². The van der Waals surface area contributed by atoms with Crippen LogP contribution in [0, 0.1) is 0 Å². The minimum Gasteiger partial charge on any atom is -0.466 e. The number of nitrogens with one attached hydrogen (secondary N) is 1. The van der Waals surface area contributed by atoms with E-state index in [1.165, 1.54) is 10.8 Å². The van der Waals surface area contributed by atoms with Crippen molar-refractivity contribution in [2.24, 2.45) is 7.05 Å². The van der Waals surface area contributed by atoms with Gasteiger partial charge in [-0.1, -0.05) is 0 Å². The van der Waals surface area contributed by atoms with E-state index in [0.29, 0.717) is 13.2 Å². The van der Waals surface area contributed by atoms with Crippen molar-refractivity contribution in [3.05, 3.63) is 22.7 Å². The van der Waals surface area contributed by atoms with Crippen LogP contribution in [0.25, 0.3) is 0 Å². The highest BCUT2D eigenvalue weighted by molar-refractivity contribution is 5.69. The number of ether oxygens (including phenoxy) is 1. The van der Waals surface area contributed by atoms with Gasteiger partial charge in [0.05, 0.1) is 13.0 Å². The highest BCUT2D eigenvalue weighted by atomic mass is 16.5. The Bertz CT molecular complexity index is 414. The molecule has 0 amide bonds. The molecule has 0 bridgehead atoms. The van der Waals surface area contributed by atoms with E-state index in [2.05, 4.69) is 10.3 Å². The van der Waals surface area contributed by atoms with Crippen molar-refractivity contribution in [2.75, 3.05) is 18.5 Å². The molecule has 6 heteroatoms.